The molecule has 1 atom stereocenters. The second kappa shape index (κ2) is 11.5. The molecule has 0 aliphatic heterocycles. The zero-order chi connectivity index (χ0) is 25.5. The molecule has 2 heterocycles. The highest BCUT2D eigenvalue weighted by Crippen LogP contribution is 2.36. The molecule has 35 heavy (non-hydrogen) atoms. The Bertz CT molecular complexity index is 1130. The zero-order valence-corrected chi connectivity index (χ0v) is 20.9. The number of aliphatic carboxylic acids is 1. The van der Waals surface area contributed by atoms with Crippen LogP contribution in [0.4, 0.5) is 11.8 Å². The van der Waals surface area contributed by atoms with E-state index in [9.17, 15) is 9.90 Å². The molecule has 1 aromatic carbocycles. The number of anilines is 2. The minimum Gasteiger partial charge on any atom is -0.496 e. The summed E-state index contributed by atoms with van der Waals surface area (Å²) in [5.41, 5.74) is 2.63. The molecule has 0 saturated heterocycles. The van der Waals surface area contributed by atoms with Gasteiger partial charge >= 0.3 is 5.97 Å². The summed E-state index contributed by atoms with van der Waals surface area (Å²) in [6.45, 7) is 4.18. The molecule has 0 saturated carbocycles. The molecular weight excluding hydrogens is 448 g/mol. The van der Waals surface area contributed by atoms with Crippen molar-refractivity contribution in [3.63, 3.8) is 0 Å². The number of nitrogens with zero attached hydrogens (tertiary/aromatic N) is 5. The van der Waals surface area contributed by atoms with Gasteiger partial charge in [-0.1, -0.05) is 19.9 Å². The van der Waals surface area contributed by atoms with Gasteiger partial charge in [0.25, 0.3) is 0 Å². The summed E-state index contributed by atoms with van der Waals surface area (Å²) in [5, 5.41) is 13.0. The highest BCUT2D eigenvalue weighted by atomic mass is 16.5. The predicted octanol–water partition coefficient (Wildman–Crippen LogP) is 3.32. The Morgan fingerprint density at radius 1 is 1.03 bits per heavy atom. The van der Waals surface area contributed by atoms with Gasteiger partial charge in [-0.05, 0) is 24.5 Å². The Hall–Kier alpha value is -3.95. The lowest BCUT2D eigenvalue weighted by atomic mass is 10.0. The van der Waals surface area contributed by atoms with Crippen molar-refractivity contribution in [3.8, 4) is 22.8 Å². The summed E-state index contributed by atoms with van der Waals surface area (Å²) in [6.07, 6.45) is 5.75. The van der Waals surface area contributed by atoms with Gasteiger partial charge in [0, 0.05) is 38.5 Å². The second-order valence-corrected chi connectivity index (χ2v) is 8.71. The van der Waals surface area contributed by atoms with Crippen LogP contribution in [0.25, 0.3) is 11.3 Å². The van der Waals surface area contributed by atoms with Crippen molar-refractivity contribution < 1.29 is 19.4 Å². The SMILES string of the molecule is COc1cccc(OC)c1-c1cnc(CC(Nc2nc(N(C)C)ncc2CC(C)C)C(=O)O)cn1. The van der Waals surface area contributed by atoms with E-state index >= 15 is 0 Å². The number of hydrogen-bond acceptors (Lipinski definition) is 9. The molecule has 1 unspecified atom stereocenters. The second-order valence-electron chi connectivity index (χ2n) is 8.71. The number of carbonyl (C=O) groups is 1. The van der Waals surface area contributed by atoms with Crippen LogP contribution in [0, 0.1) is 5.92 Å². The third-order valence-corrected chi connectivity index (χ3v) is 5.29. The molecule has 0 amide bonds. The van der Waals surface area contributed by atoms with E-state index in [0.29, 0.717) is 46.1 Å². The first-order valence-electron chi connectivity index (χ1n) is 11.3. The fourth-order valence-electron chi connectivity index (χ4n) is 3.59. The van der Waals surface area contributed by atoms with Gasteiger partial charge in [0.15, 0.2) is 0 Å². The third-order valence-electron chi connectivity index (χ3n) is 5.29. The molecule has 2 N–H and O–H groups in total. The van der Waals surface area contributed by atoms with Crippen molar-refractivity contribution >= 4 is 17.7 Å². The van der Waals surface area contributed by atoms with Gasteiger partial charge in [0.2, 0.25) is 5.95 Å². The van der Waals surface area contributed by atoms with Crippen LogP contribution in [-0.4, -0.2) is 65.4 Å². The first kappa shape index (κ1) is 25.7. The average molecular weight is 481 g/mol. The van der Waals surface area contributed by atoms with Crippen LogP contribution in [0.5, 0.6) is 11.5 Å². The fourth-order valence-corrected chi connectivity index (χ4v) is 3.59. The molecule has 0 bridgehead atoms. The molecule has 0 radical (unpaired) electrons. The number of aromatic nitrogens is 4. The Kier molecular flexibility index (Phi) is 8.40. The summed E-state index contributed by atoms with van der Waals surface area (Å²) < 4.78 is 10.9. The Morgan fingerprint density at radius 3 is 2.23 bits per heavy atom. The molecule has 10 nitrogen and oxygen atoms in total. The van der Waals surface area contributed by atoms with E-state index in [0.717, 1.165) is 12.0 Å². The third kappa shape index (κ3) is 6.34. The number of hydrogen-bond donors (Lipinski definition) is 2. The average Bonchev–Trinajstić information content (AvgIpc) is 2.84. The zero-order valence-electron chi connectivity index (χ0n) is 20.9. The van der Waals surface area contributed by atoms with Gasteiger partial charge in [0.05, 0.1) is 37.4 Å². The van der Waals surface area contributed by atoms with Crippen molar-refractivity contribution in [1.29, 1.82) is 0 Å². The lowest BCUT2D eigenvalue weighted by molar-refractivity contribution is -0.137. The first-order valence-corrected chi connectivity index (χ1v) is 11.3. The van der Waals surface area contributed by atoms with Crippen LogP contribution in [0.3, 0.4) is 0 Å². The maximum absolute atomic E-state index is 12.1. The standard InChI is InChI=1S/C25H32N6O4/c1-15(2)10-16-12-28-25(31(3)4)30-23(16)29-18(24(32)33)11-17-13-27-19(14-26-17)22-20(34-5)8-7-9-21(22)35-6/h7-9,12-15,18H,10-11H2,1-6H3,(H,32,33)(H,28,29,30). The minimum atomic E-state index is -1.01. The normalized spacial score (nSPS) is 11.7. The Balaban J connectivity index is 1.87. The smallest absolute Gasteiger partial charge is 0.326 e. The van der Waals surface area contributed by atoms with Crippen molar-refractivity contribution in [2.24, 2.45) is 5.92 Å². The number of rotatable bonds is 11. The molecule has 0 spiro atoms. The van der Waals surface area contributed by atoms with Crippen molar-refractivity contribution in [2.45, 2.75) is 32.7 Å². The summed E-state index contributed by atoms with van der Waals surface area (Å²) in [4.78, 5) is 31.8. The molecule has 0 aliphatic rings. The highest BCUT2D eigenvalue weighted by molar-refractivity contribution is 5.78. The summed E-state index contributed by atoms with van der Waals surface area (Å²) in [5.74, 6) is 1.57. The van der Waals surface area contributed by atoms with Gasteiger partial charge in [-0.25, -0.2) is 9.78 Å². The van der Waals surface area contributed by atoms with Gasteiger partial charge in [-0.2, -0.15) is 4.98 Å². The van der Waals surface area contributed by atoms with E-state index in [1.165, 1.54) is 0 Å². The van der Waals surface area contributed by atoms with Crippen LogP contribution >= 0.6 is 0 Å². The van der Waals surface area contributed by atoms with E-state index in [1.807, 2.05) is 32.3 Å². The van der Waals surface area contributed by atoms with Crippen molar-refractivity contribution in [3.05, 3.63) is 48.0 Å². The van der Waals surface area contributed by atoms with Gasteiger partial charge in [-0.3, -0.25) is 9.97 Å². The van der Waals surface area contributed by atoms with Gasteiger partial charge < -0.3 is 24.8 Å². The molecule has 186 valence electrons. The number of carboxylic acid groups (broad SMARTS) is 1. The van der Waals surface area contributed by atoms with E-state index in [2.05, 4.69) is 39.1 Å². The maximum Gasteiger partial charge on any atom is 0.326 e. The molecule has 10 heteroatoms. The number of methoxy groups -OCH3 is 2. The van der Waals surface area contributed by atoms with Crippen molar-refractivity contribution in [1.82, 2.24) is 19.9 Å². The van der Waals surface area contributed by atoms with Crippen LogP contribution in [0.1, 0.15) is 25.1 Å². The lowest BCUT2D eigenvalue weighted by Gasteiger charge is -2.20. The summed E-state index contributed by atoms with van der Waals surface area (Å²) in [7, 11) is 6.82. The summed E-state index contributed by atoms with van der Waals surface area (Å²) >= 11 is 0. The van der Waals surface area contributed by atoms with Crippen LogP contribution in [-0.2, 0) is 17.6 Å². The predicted molar refractivity (Wildman–Crippen MR) is 134 cm³/mol. The molecule has 3 rings (SSSR count). The molecule has 2 aromatic heterocycles. The van der Waals surface area contributed by atoms with Crippen LogP contribution in [0.15, 0.2) is 36.8 Å². The van der Waals surface area contributed by atoms with Crippen LogP contribution < -0.4 is 19.7 Å². The maximum atomic E-state index is 12.1. The Labute approximate surface area is 205 Å². The first-order chi connectivity index (χ1) is 16.7. The number of carboxylic acids is 1. The van der Waals surface area contributed by atoms with E-state index in [4.69, 9.17) is 9.47 Å². The van der Waals surface area contributed by atoms with E-state index in [1.54, 1.807) is 37.7 Å². The number of benzene rings is 1. The molecule has 0 aliphatic carbocycles. The topological polar surface area (TPSA) is 123 Å². The summed E-state index contributed by atoms with van der Waals surface area (Å²) in [6, 6.07) is 4.51. The van der Waals surface area contributed by atoms with Crippen molar-refractivity contribution in [2.75, 3.05) is 38.5 Å². The lowest BCUT2D eigenvalue weighted by Crippen LogP contribution is -2.33. The van der Waals surface area contributed by atoms with E-state index < -0.39 is 12.0 Å². The molecular formula is C25H32N6O4. The van der Waals surface area contributed by atoms with E-state index in [-0.39, 0.29) is 6.42 Å². The number of nitrogens with one attached hydrogen (secondary N) is 1. The molecule has 3 aromatic rings. The number of ether oxygens (including phenoxy) is 2. The van der Waals surface area contributed by atoms with Crippen LogP contribution in [0.2, 0.25) is 0 Å². The Morgan fingerprint density at radius 2 is 1.71 bits per heavy atom. The van der Waals surface area contributed by atoms with Gasteiger partial charge in [0.1, 0.15) is 23.4 Å². The fraction of sp³-hybridized carbons (Fsp3) is 0.400. The minimum absolute atomic E-state index is 0.119. The largest absolute Gasteiger partial charge is 0.496 e. The monoisotopic (exact) mass is 480 g/mol. The quantitative estimate of drug-likeness (QED) is 0.422. The van der Waals surface area contributed by atoms with Gasteiger partial charge in [-0.15, -0.1) is 0 Å². The highest BCUT2D eigenvalue weighted by Gasteiger charge is 2.22. The molecule has 0 fully saturated rings.